The van der Waals surface area contributed by atoms with Gasteiger partial charge in [-0.1, -0.05) is 6.92 Å². The minimum absolute atomic E-state index is 0.288. The minimum Gasteiger partial charge on any atom is -0.327 e. The van der Waals surface area contributed by atoms with Gasteiger partial charge < -0.3 is 10.6 Å². The molecule has 0 aromatic heterocycles. The third kappa shape index (κ3) is 3.56. The Morgan fingerprint density at radius 3 is 2.86 bits per heavy atom. The zero-order chi connectivity index (χ0) is 10.6. The third-order valence-electron chi connectivity index (χ3n) is 3.03. The molecular weight excluding hydrogens is 174 g/mol. The molecule has 0 aromatic rings. The lowest BCUT2D eigenvalue weighted by Crippen LogP contribution is -2.42. The summed E-state index contributed by atoms with van der Waals surface area (Å²) < 4.78 is 0. The molecule has 0 saturated carbocycles. The number of likely N-dealkylation sites (N-methyl/N-ethyl adjacent to an activating group) is 2. The van der Waals surface area contributed by atoms with Gasteiger partial charge in [0.2, 0.25) is 0 Å². The number of rotatable bonds is 5. The van der Waals surface area contributed by atoms with E-state index in [0.717, 1.165) is 12.6 Å². The van der Waals surface area contributed by atoms with Crippen LogP contribution in [-0.4, -0.2) is 55.1 Å². The van der Waals surface area contributed by atoms with Crippen LogP contribution in [0.1, 0.15) is 26.7 Å². The average molecular weight is 199 g/mol. The normalized spacial score (nSPS) is 25.9. The van der Waals surface area contributed by atoms with Crippen LogP contribution < -0.4 is 5.73 Å². The summed E-state index contributed by atoms with van der Waals surface area (Å²) in [6.45, 7) is 8.99. The van der Waals surface area contributed by atoms with Crippen LogP contribution in [0.25, 0.3) is 0 Å². The molecule has 84 valence electrons. The maximum absolute atomic E-state index is 5.78. The highest BCUT2D eigenvalue weighted by molar-refractivity contribution is 4.80. The first-order valence-electron chi connectivity index (χ1n) is 5.81. The van der Waals surface area contributed by atoms with Gasteiger partial charge in [-0.3, -0.25) is 4.90 Å². The van der Waals surface area contributed by atoms with Crippen LogP contribution in [0.15, 0.2) is 0 Å². The largest absolute Gasteiger partial charge is 0.327 e. The fourth-order valence-electron chi connectivity index (χ4n) is 2.44. The highest BCUT2D eigenvalue weighted by Gasteiger charge is 2.23. The lowest BCUT2D eigenvalue weighted by atomic mass is 10.2. The Hall–Kier alpha value is -0.120. The summed E-state index contributed by atoms with van der Waals surface area (Å²) in [6.07, 6.45) is 2.72. The van der Waals surface area contributed by atoms with Crippen LogP contribution in [0.5, 0.6) is 0 Å². The summed E-state index contributed by atoms with van der Waals surface area (Å²) >= 11 is 0. The summed E-state index contributed by atoms with van der Waals surface area (Å²) in [7, 11) is 2.18. The van der Waals surface area contributed by atoms with Crippen molar-refractivity contribution in [2.45, 2.75) is 38.8 Å². The molecule has 0 spiro atoms. The molecule has 0 aromatic carbocycles. The van der Waals surface area contributed by atoms with Crippen molar-refractivity contribution in [2.75, 3.05) is 33.2 Å². The van der Waals surface area contributed by atoms with E-state index in [9.17, 15) is 0 Å². The van der Waals surface area contributed by atoms with Gasteiger partial charge in [-0.25, -0.2) is 0 Å². The van der Waals surface area contributed by atoms with Gasteiger partial charge in [0.05, 0.1) is 0 Å². The summed E-state index contributed by atoms with van der Waals surface area (Å²) in [4.78, 5) is 4.95. The van der Waals surface area contributed by atoms with Crippen molar-refractivity contribution in [1.29, 1.82) is 0 Å². The second kappa shape index (κ2) is 5.69. The Kier molecular flexibility index (Phi) is 4.85. The zero-order valence-electron chi connectivity index (χ0n) is 9.87. The van der Waals surface area contributed by atoms with Crippen molar-refractivity contribution in [1.82, 2.24) is 9.80 Å². The highest BCUT2D eigenvalue weighted by Crippen LogP contribution is 2.17. The zero-order valence-corrected chi connectivity index (χ0v) is 9.87. The second-order valence-electron chi connectivity index (χ2n) is 4.62. The number of hydrogen-bond donors (Lipinski definition) is 1. The average Bonchev–Trinajstić information content (AvgIpc) is 2.50. The Morgan fingerprint density at radius 1 is 1.57 bits per heavy atom. The van der Waals surface area contributed by atoms with Crippen LogP contribution in [0, 0.1) is 0 Å². The molecule has 0 amide bonds. The molecule has 0 aliphatic carbocycles. The Morgan fingerprint density at radius 2 is 2.29 bits per heavy atom. The molecule has 1 rings (SSSR count). The molecule has 3 nitrogen and oxygen atoms in total. The van der Waals surface area contributed by atoms with E-state index in [1.54, 1.807) is 0 Å². The first-order chi connectivity index (χ1) is 6.63. The van der Waals surface area contributed by atoms with E-state index in [2.05, 4.69) is 30.7 Å². The SMILES string of the molecule is CCN1CCCC1CN(C)C[C@@H](C)N. The van der Waals surface area contributed by atoms with E-state index in [4.69, 9.17) is 5.73 Å². The minimum atomic E-state index is 0.288. The van der Waals surface area contributed by atoms with Crippen molar-refractivity contribution >= 4 is 0 Å². The molecule has 2 atom stereocenters. The maximum atomic E-state index is 5.78. The molecule has 1 saturated heterocycles. The van der Waals surface area contributed by atoms with Crippen LogP contribution in [0.4, 0.5) is 0 Å². The van der Waals surface area contributed by atoms with Gasteiger partial charge in [-0.2, -0.15) is 0 Å². The molecule has 2 N–H and O–H groups in total. The van der Waals surface area contributed by atoms with E-state index >= 15 is 0 Å². The van der Waals surface area contributed by atoms with Gasteiger partial charge in [0.25, 0.3) is 0 Å². The quantitative estimate of drug-likeness (QED) is 0.709. The van der Waals surface area contributed by atoms with E-state index in [1.807, 2.05) is 0 Å². The molecule has 3 heteroatoms. The first kappa shape index (κ1) is 12.0. The van der Waals surface area contributed by atoms with E-state index in [0.29, 0.717) is 0 Å². The van der Waals surface area contributed by atoms with Crippen LogP contribution in [0.3, 0.4) is 0 Å². The molecule has 1 aliphatic rings. The predicted molar refractivity (Wildman–Crippen MR) is 61.4 cm³/mol. The molecule has 14 heavy (non-hydrogen) atoms. The summed E-state index contributed by atoms with van der Waals surface area (Å²) in [5.74, 6) is 0. The Balaban J connectivity index is 2.28. The topological polar surface area (TPSA) is 32.5 Å². The molecule has 1 fully saturated rings. The van der Waals surface area contributed by atoms with Crippen molar-refractivity contribution in [3.8, 4) is 0 Å². The van der Waals surface area contributed by atoms with Crippen LogP contribution in [-0.2, 0) is 0 Å². The maximum Gasteiger partial charge on any atom is 0.0223 e. The standard InChI is InChI=1S/C11H25N3/c1-4-14-7-5-6-11(14)9-13(3)8-10(2)12/h10-11H,4-9,12H2,1-3H3/t10-,11?/m1/s1. The first-order valence-corrected chi connectivity index (χ1v) is 5.81. The summed E-state index contributed by atoms with van der Waals surface area (Å²) in [5.41, 5.74) is 5.78. The van der Waals surface area contributed by atoms with Crippen molar-refractivity contribution < 1.29 is 0 Å². The predicted octanol–water partition coefficient (Wildman–Crippen LogP) is 0.750. The van der Waals surface area contributed by atoms with Crippen molar-refractivity contribution in [2.24, 2.45) is 5.73 Å². The Bertz CT molecular complexity index is 159. The van der Waals surface area contributed by atoms with Gasteiger partial charge in [0, 0.05) is 25.2 Å². The smallest absolute Gasteiger partial charge is 0.0223 e. The van der Waals surface area contributed by atoms with Gasteiger partial charge in [-0.15, -0.1) is 0 Å². The van der Waals surface area contributed by atoms with Crippen LogP contribution >= 0.6 is 0 Å². The summed E-state index contributed by atoms with van der Waals surface area (Å²) in [6, 6.07) is 1.06. The van der Waals surface area contributed by atoms with E-state index < -0.39 is 0 Å². The number of hydrogen-bond acceptors (Lipinski definition) is 3. The number of likely N-dealkylation sites (tertiary alicyclic amines) is 1. The monoisotopic (exact) mass is 199 g/mol. The molecule has 1 unspecified atom stereocenters. The van der Waals surface area contributed by atoms with Gasteiger partial charge in [0.15, 0.2) is 0 Å². The molecule has 1 aliphatic heterocycles. The summed E-state index contributed by atoms with van der Waals surface area (Å²) in [5, 5.41) is 0. The van der Waals surface area contributed by atoms with Crippen LogP contribution in [0.2, 0.25) is 0 Å². The molecule has 1 heterocycles. The van der Waals surface area contributed by atoms with Gasteiger partial charge in [0.1, 0.15) is 0 Å². The lowest BCUT2D eigenvalue weighted by molar-refractivity contribution is 0.194. The second-order valence-corrected chi connectivity index (χ2v) is 4.62. The van der Waals surface area contributed by atoms with Gasteiger partial charge in [-0.05, 0) is 39.9 Å². The van der Waals surface area contributed by atoms with E-state index in [1.165, 1.54) is 32.5 Å². The fourth-order valence-corrected chi connectivity index (χ4v) is 2.44. The fraction of sp³-hybridized carbons (Fsp3) is 1.00. The van der Waals surface area contributed by atoms with Crippen molar-refractivity contribution in [3.05, 3.63) is 0 Å². The third-order valence-corrected chi connectivity index (χ3v) is 3.03. The van der Waals surface area contributed by atoms with Gasteiger partial charge >= 0.3 is 0 Å². The number of nitrogens with zero attached hydrogens (tertiary/aromatic N) is 2. The molecule has 0 bridgehead atoms. The van der Waals surface area contributed by atoms with Crippen molar-refractivity contribution in [3.63, 3.8) is 0 Å². The molecular formula is C11H25N3. The highest BCUT2D eigenvalue weighted by atomic mass is 15.2. The lowest BCUT2D eigenvalue weighted by Gasteiger charge is -2.28. The van der Waals surface area contributed by atoms with E-state index in [-0.39, 0.29) is 6.04 Å². The Labute approximate surface area is 88.2 Å². The molecule has 0 radical (unpaired) electrons. The number of nitrogens with two attached hydrogens (primary N) is 1.